The Morgan fingerprint density at radius 2 is 1.82 bits per heavy atom. The van der Waals surface area contributed by atoms with E-state index in [-0.39, 0.29) is 5.60 Å². The summed E-state index contributed by atoms with van der Waals surface area (Å²) >= 11 is 0. The van der Waals surface area contributed by atoms with Gasteiger partial charge in [-0.3, -0.25) is 0 Å². The second-order valence-corrected chi connectivity index (χ2v) is 6.29. The summed E-state index contributed by atoms with van der Waals surface area (Å²) in [6.07, 6.45) is 4.02. The largest absolute Gasteiger partial charge is 0.487 e. The van der Waals surface area contributed by atoms with E-state index in [0.717, 1.165) is 5.92 Å². The zero-order valence-electron chi connectivity index (χ0n) is 11.3. The molecule has 2 atom stereocenters. The lowest BCUT2D eigenvalue weighted by molar-refractivity contribution is 0.0192. The number of ether oxygens (including phenoxy) is 1. The van der Waals surface area contributed by atoms with Gasteiger partial charge in [-0.1, -0.05) is 18.6 Å². The van der Waals surface area contributed by atoms with E-state index in [1.807, 2.05) is 0 Å². The molecular formula is C16H22O. The fourth-order valence-electron chi connectivity index (χ4n) is 3.88. The SMILES string of the molecule is Cc1ccc(C)c2c1OC(C)(C)[C@H]1CCC[C@@H]21. The van der Waals surface area contributed by atoms with Crippen molar-refractivity contribution in [3.8, 4) is 5.75 Å². The second kappa shape index (κ2) is 3.51. The molecule has 0 radical (unpaired) electrons. The highest BCUT2D eigenvalue weighted by Crippen LogP contribution is 2.54. The molecule has 1 aliphatic carbocycles. The fourth-order valence-corrected chi connectivity index (χ4v) is 3.88. The molecule has 0 N–H and O–H groups in total. The summed E-state index contributed by atoms with van der Waals surface area (Å²) in [4.78, 5) is 0. The number of hydrogen-bond donors (Lipinski definition) is 0. The molecule has 17 heavy (non-hydrogen) atoms. The van der Waals surface area contributed by atoms with Gasteiger partial charge in [-0.05, 0) is 57.6 Å². The first-order valence-electron chi connectivity index (χ1n) is 6.80. The highest BCUT2D eigenvalue weighted by Gasteiger charge is 2.46. The fraction of sp³-hybridized carbons (Fsp3) is 0.625. The number of benzene rings is 1. The van der Waals surface area contributed by atoms with Crippen molar-refractivity contribution in [2.75, 3.05) is 0 Å². The van der Waals surface area contributed by atoms with Crippen LogP contribution in [0.25, 0.3) is 0 Å². The molecule has 0 bridgehead atoms. The maximum Gasteiger partial charge on any atom is 0.126 e. The molecule has 3 rings (SSSR count). The quantitative estimate of drug-likeness (QED) is 0.643. The van der Waals surface area contributed by atoms with E-state index in [0.29, 0.717) is 5.92 Å². The van der Waals surface area contributed by atoms with Gasteiger partial charge in [0.05, 0.1) is 0 Å². The molecule has 0 amide bonds. The lowest BCUT2D eigenvalue weighted by Gasteiger charge is -2.43. The predicted molar refractivity (Wildman–Crippen MR) is 70.7 cm³/mol. The van der Waals surface area contributed by atoms with Gasteiger partial charge in [0.2, 0.25) is 0 Å². The molecule has 0 spiro atoms. The van der Waals surface area contributed by atoms with Gasteiger partial charge in [0.25, 0.3) is 0 Å². The van der Waals surface area contributed by atoms with Crippen LogP contribution in [-0.4, -0.2) is 5.60 Å². The summed E-state index contributed by atoms with van der Waals surface area (Å²) in [7, 11) is 0. The summed E-state index contributed by atoms with van der Waals surface area (Å²) in [6, 6.07) is 4.45. The first-order chi connectivity index (χ1) is 8.00. The van der Waals surface area contributed by atoms with Crippen LogP contribution in [0.1, 0.15) is 55.7 Å². The minimum absolute atomic E-state index is 0.00667. The zero-order chi connectivity index (χ0) is 12.2. The molecule has 1 nitrogen and oxygen atoms in total. The lowest BCUT2D eigenvalue weighted by atomic mass is 9.74. The Hall–Kier alpha value is -0.980. The minimum Gasteiger partial charge on any atom is -0.487 e. The van der Waals surface area contributed by atoms with Crippen molar-refractivity contribution >= 4 is 0 Å². The number of aryl methyl sites for hydroxylation is 2. The summed E-state index contributed by atoms with van der Waals surface area (Å²) in [5.74, 6) is 2.61. The van der Waals surface area contributed by atoms with Crippen molar-refractivity contribution in [3.63, 3.8) is 0 Å². The van der Waals surface area contributed by atoms with Crippen LogP contribution in [0.5, 0.6) is 5.75 Å². The molecule has 1 heterocycles. The van der Waals surface area contributed by atoms with Crippen LogP contribution in [0.2, 0.25) is 0 Å². The van der Waals surface area contributed by atoms with E-state index in [9.17, 15) is 0 Å². The first-order valence-corrected chi connectivity index (χ1v) is 6.80. The zero-order valence-corrected chi connectivity index (χ0v) is 11.3. The lowest BCUT2D eigenvalue weighted by Crippen LogP contribution is -2.43. The summed E-state index contributed by atoms with van der Waals surface area (Å²) < 4.78 is 6.34. The first kappa shape index (κ1) is 11.1. The van der Waals surface area contributed by atoms with Crippen molar-refractivity contribution in [1.29, 1.82) is 0 Å². The Balaban J connectivity index is 2.20. The van der Waals surface area contributed by atoms with Gasteiger partial charge in [-0.2, -0.15) is 0 Å². The third-order valence-corrected chi connectivity index (χ3v) is 4.76. The third-order valence-electron chi connectivity index (χ3n) is 4.76. The molecule has 1 aromatic rings. The van der Waals surface area contributed by atoms with E-state index < -0.39 is 0 Å². The molecule has 1 aliphatic heterocycles. The molecule has 0 saturated heterocycles. The number of hydrogen-bond acceptors (Lipinski definition) is 1. The maximum absolute atomic E-state index is 6.34. The van der Waals surface area contributed by atoms with Gasteiger partial charge in [0.15, 0.2) is 0 Å². The average Bonchev–Trinajstić information content (AvgIpc) is 2.73. The van der Waals surface area contributed by atoms with Gasteiger partial charge in [0, 0.05) is 11.5 Å². The average molecular weight is 230 g/mol. The number of fused-ring (bicyclic) bond motifs is 3. The smallest absolute Gasteiger partial charge is 0.126 e. The molecule has 0 aromatic heterocycles. The van der Waals surface area contributed by atoms with E-state index in [1.54, 1.807) is 0 Å². The van der Waals surface area contributed by atoms with E-state index in [2.05, 4.69) is 39.8 Å². The maximum atomic E-state index is 6.34. The standard InChI is InChI=1S/C16H22O/c1-10-8-9-11(2)15-14(10)12-6-5-7-13(12)16(3,4)17-15/h8-9,12-13H,5-7H2,1-4H3/t12-,13+/m1/s1. The summed E-state index contributed by atoms with van der Waals surface area (Å²) in [6.45, 7) is 8.93. The molecule has 1 aromatic carbocycles. The molecule has 0 unspecified atom stereocenters. The van der Waals surface area contributed by atoms with Crippen molar-refractivity contribution < 1.29 is 4.74 Å². The Morgan fingerprint density at radius 1 is 1.12 bits per heavy atom. The van der Waals surface area contributed by atoms with Crippen LogP contribution in [0.4, 0.5) is 0 Å². The Morgan fingerprint density at radius 3 is 2.59 bits per heavy atom. The van der Waals surface area contributed by atoms with Crippen LogP contribution in [0.15, 0.2) is 12.1 Å². The molecule has 1 fully saturated rings. The van der Waals surface area contributed by atoms with E-state index >= 15 is 0 Å². The highest BCUT2D eigenvalue weighted by atomic mass is 16.5. The van der Waals surface area contributed by atoms with Gasteiger partial charge >= 0.3 is 0 Å². The van der Waals surface area contributed by atoms with Crippen molar-refractivity contribution in [2.24, 2.45) is 5.92 Å². The number of rotatable bonds is 0. The molecule has 1 saturated carbocycles. The van der Waals surface area contributed by atoms with Crippen molar-refractivity contribution in [1.82, 2.24) is 0 Å². The van der Waals surface area contributed by atoms with Crippen molar-refractivity contribution in [2.45, 2.75) is 58.5 Å². The van der Waals surface area contributed by atoms with Gasteiger partial charge < -0.3 is 4.74 Å². The predicted octanol–water partition coefficient (Wildman–Crippen LogP) is 4.36. The molecule has 92 valence electrons. The van der Waals surface area contributed by atoms with Crippen LogP contribution < -0.4 is 4.74 Å². The monoisotopic (exact) mass is 230 g/mol. The minimum atomic E-state index is 0.00667. The van der Waals surface area contributed by atoms with Crippen LogP contribution >= 0.6 is 0 Å². The summed E-state index contributed by atoms with van der Waals surface area (Å²) in [5.41, 5.74) is 4.22. The van der Waals surface area contributed by atoms with Gasteiger partial charge in [-0.25, -0.2) is 0 Å². The van der Waals surface area contributed by atoms with E-state index in [1.165, 1.54) is 41.7 Å². The van der Waals surface area contributed by atoms with Gasteiger partial charge in [0.1, 0.15) is 11.4 Å². The summed E-state index contributed by atoms with van der Waals surface area (Å²) in [5, 5.41) is 0. The normalized spacial score (nSPS) is 29.4. The van der Waals surface area contributed by atoms with E-state index in [4.69, 9.17) is 4.74 Å². The third kappa shape index (κ3) is 1.51. The Labute approximate surface area is 104 Å². The van der Waals surface area contributed by atoms with Crippen LogP contribution in [0.3, 0.4) is 0 Å². The second-order valence-electron chi connectivity index (χ2n) is 6.29. The van der Waals surface area contributed by atoms with Crippen LogP contribution in [0, 0.1) is 19.8 Å². The Kier molecular flexibility index (Phi) is 2.30. The highest BCUT2D eigenvalue weighted by molar-refractivity contribution is 5.50. The van der Waals surface area contributed by atoms with Gasteiger partial charge in [-0.15, -0.1) is 0 Å². The Bertz CT molecular complexity index is 459. The topological polar surface area (TPSA) is 9.23 Å². The van der Waals surface area contributed by atoms with Crippen LogP contribution in [-0.2, 0) is 0 Å². The van der Waals surface area contributed by atoms with Crippen molar-refractivity contribution in [3.05, 3.63) is 28.8 Å². The molecule has 1 heteroatoms. The molecular weight excluding hydrogens is 208 g/mol. The molecule has 2 aliphatic rings.